The molecule has 2 aromatic carbocycles. The molecule has 146 valence electrons. The third-order valence-corrected chi connectivity index (χ3v) is 4.14. The minimum atomic E-state index is -0.669. The summed E-state index contributed by atoms with van der Waals surface area (Å²) < 4.78 is 10.6. The number of guanidine groups is 1. The van der Waals surface area contributed by atoms with Gasteiger partial charge in [0.25, 0.3) is 0 Å². The predicted molar refractivity (Wildman–Crippen MR) is 109 cm³/mol. The van der Waals surface area contributed by atoms with E-state index in [-0.39, 0.29) is 0 Å². The van der Waals surface area contributed by atoms with E-state index in [1.807, 2.05) is 56.3 Å². The Labute approximate surface area is 161 Å². The predicted octanol–water partition coefficient (Wildman–Crippen LogP) is 2.80. The zero-order chi connectivity index (χ0) is 19.6. The number of ether oxygens (including phenoxy) is 2. The number of nitrogens with one attached hydrogen (secondary N) is 2. The minimum absolute atomic E-state index is 0.337. The van der Waals surface area contributed by atoms with Crippen LogP contribution in [0.1, 0.15) is 29.7 Å². The van der Waals surface area contributed by atoms with Gasteiger partial charge in [-0.2, -0.15) is 0 Å². The highest BCUT2D eigenvalue weighted by atomic mass is 16.5. The van der Waals surface area contributed by atoms with E-state index in [1.54, 1.807) is 14.2 Å². The Balaban J connectivity index is 2.03. The van der Waals surface area contributed by atoms with E-state index in [4.69, 9.17) is 9.47 Å². The van der Waals surface area contributed by atoms with E-state index < -0.39 is 6.10 Å². The zero-order valence-electron chi connectivity index (χ0n) is 16.5. The molecule has 0 aliphatic carbocycles. The van der Waals surface area contributed by atoms with Crippen molar-refractivity contribution < 1.29 is 14.6 Å². The lowest BCUT2D eigenvalue weighted by Crippen LogP contribution is -2.39. The van der Waals surface area contributed by atoms with Crippen LogP contribution < -0.4 is 20.1 Å². The van der Waals surface area contributed by atoms with E-state index in [0.717, 1.165) is 34.7 Å². The molecule has 0 spiro atoms. The second-order valence-electron chi connectivity index (χ2n) is 6.18. The maximum Gasteiger partial charge on any atom is 0.191 e. The molecule has 0 aromatic heterocycles. The van der Waals surface area contributed by atoms with E-state index in [9.17, 15) is 5.11 Å². The van der Waals surface area contributed by atoms with Crippen LogP contribution in [-0.2, 0) is 6.54 Å². The van der Waals surface area contributed by atoms with Gasteiger partial charge in [-0.1, -0.05) is 24.3 Å². The van der Waals surface area contributed by atoms with Crippen LogP contribution in [-0.4, -0.2) is 38.4 Å². The van der Waals surface area contributed by atoms with Crippen molar-refractivity contribution in [2.24, 2.45) is 4.99 Å². The third kappa shape index (κ3) is 6.18. The summed E-state index contributed by atoms with van der Waals surface area (Å²) in [4.78, 5) is 4.60. The van der Waals surface area contributed by atoms with Gasteiger partial charge in [-0.25, -0.2) is 4.99 Å². The van der Waals surface area contributed by atoms with Crippen molar-refractivity contribution in [3.05, 3.63) is 59.2 Å². The van der Waals surface area contributed by atoms with Crippen molar-refractivity contribution in [1.82, 2.24) is 10.6 Å². The number of nitrogens with zero attached hydrogens (tertiary/aromatic N) is 1. The van der Waals surface area contributed by atoms with Crippen molar-refractivity contribution in [3.8, 4) is 11.5 Å². The van der Waals surface area contributed by atoms with Gasteiger partial charge in [0.1, 0.15) is 11.5 Å². The van der Waals surface area contributed by atoms with Gasteiger partial charge in [-0.3, -0.25) is 0 Å². The Morgan fingerprint density at radius 3 is 2.63 bits per heavy atom. The molecule has 1 atom stereocenters. The lowest BCUT2D eigenvalue weighted by Gasteiger charge is -2.16. The summed E-state index contributed by atoms with van der Waals surface area (Å²) in [5.74, 6) is 2.19. The summed E-state index contributed by atoms with van der Waals surface area (Å²) in [5.41, 5.74) is 2.94. The Hall–Kier alpha value is -2.73. The van der Waals surface area contributed by atoms with Crippen LogP contribution in [0.15, 0.2) is 47.5 Å². The molecule has 0 heterocycles. The highest BCUT2D eigenvalue weighted by Gasteiger charge is 2.10. The quantitative estimate of drug-likeness (QED) is 0.491. The van der Waals surface area contributed by atoms with Gasteiger partial charge in [0.15, 0.2) is 5.96 Å². The minimum Gasteiger partial charge on any atom is -0.497 e. The largest absolute Gasteiger partial charge is 0.497 e. The first-order valence-electron chi connectivity index (χ1n) is 9.05. The highest BCUT2D eigenvalue weighted by molar-refractivity contribution is 5.79. The van der Waals surface area contributed by atoms with Crippen LogP contribution >= 0.6 is 0 Å². The fraction of sp³-hybridized carbons (Fsp3) is 0.381. The molecule has 27 heavy (non-hydrogen) atoms. The Bertz CT molecular complexity index is 762. The number of aryl methyl sites for hydroxylation is 1. The molecule has 0 bridgehead atoms. The molecule has 2 aromatic rings. The van der Waals surface area contributed by atoms with E-state index in [2.05, 4.69) is 15.6 Å². The average Bonchev–Trinajstić information content (AvgIpc) is 2.70. The summed E-state index contributed by atoms with van der Waals surface area (Å²) in [6.45, 7) is 5.58. The smallest absolute Gasteiger partial charge is 0.191 e. The molecule has 0 saturated carbocycles. The third-order valence-electron chi connectivity index (χ3n) is 4.14. The number of aliphatic imine (C=N–C) groups is 1. The van der Waals surface area contributed by atoms with Crippen molar-refractivity contribution in [3.63, 3.8) is 0 Å². The van der Waals surface area contributed by atoms with Crippen LogP contribution in [0.4, 0.5) is 0 Å². The van der Waals surface area contributed by atoms with E-state index >= 15 is 0 Å². The van der Waals surface area contributed by atoms with Crippen molar-refractivity contribution >= 4 is 5.96 Å². The van der Waals surface area contributed by atoms with Crippen LogP contribution in [0.2, 0.25) is 0 Å². The highest BCUT2D eigenvalue weighted by Crippen LogP contribution is 2.21. The van der Waals surface area contributed by atoms with Gasteiger partial charge in [-0.15, -0.1) is 0 Å². The van der Waals surface area contributed by atoms with Crippen molar-refractivity contribution in [1.29, 1.82) is 0 Å². The topological polar surface area (TPSA) is 75.1 Å². The van der Waals surface area contributed by atoms with Crippen molar-refractivity contribution in [2.45, 2.75) is 26.5 Å². The van der Waals surface area contributed by atoms with E-state index in [1.165, 1.54) is 0 Å². The van der Waals surface area contributed by atoms with Gasteiger partial charge >= 0.3 is 0 Å². The lowest BCUT2D eigenvalue weighted by atomic mass is 10.1. The maximum absolute atomic E-state index is 10.4. The van der Waals surface area contributed by atoms with Gasteiger partial charge in [0, 0.05) is 18.7 Å². The summed E-state index contributed by atoms with van der Waals surface area (Å²) in [6, 6.07) is 13.5. The summed E-state index contributed by atoms with van der Waals surface area (Å²) in [5, 5.41) is 16.8. The molecule has 3 N–H and O–H groups in total. The summed E-state index contributed by atoms with van der Waals surface area (Å²) in [6.07, 6.45) is -0.669. The van der Waals surface area contributed by atoms with Crippen LogP contribution in [0, 0.1) is 6.92 Å². The molecule has 0 amide bonds. The lowest BCUT2D eigenvalue weighted by molar-refractivity contribution is 0.180. The second kappa shape index (κ2) is 10.4. The fourth-order valence-electron chi connectivity index (χ4n) is 2.65. The molecule has 0 aliphatic rings. The first kappa shape index (κ1) is 20.6. The number of rotatable bonds is 8. The molecule has 6 heteroatoms. The van der Waals surface area contributed by atoms with E-state index in [0.29, 0.717) is 19.0 Å². The molecular weight excluding hydrogens is 342 g/mol. The molecular formula is C21H29N3O3. The Morgan fingerprint density at radius 2 is 1.93 bits per heavy atom. The van der Waals surface area contributed by atoms with Crippen LogP contribution in [0.5, 0.6) is 11.5 Å². The van der Waals surface area contributed by atoms with Crippen molar-refractivity contribution in [2.75, 3.05) is 27.3 Å². The number of benzene rings is 2. The standard InChI is InChI=1S/C21H29N3O3/c1-5-22-21(23-13-17-10-9-15(2)11-20(17)27-4)24-14-19(25)16-7-6-8-18(12-16)26-3/h6-12,19,25H,5,13-14H2,1-4H3,(H2,22,23,24). The fourth-order valence-corrected chi connectivity index (χ4v) is 2.65. The number of hydrogen-bond donors (Lipinski definition) is 3. The molecule has 6 nitrogen and oxygen atoms in total. The van der Waals surface area contributed by atoms with Crippen LogP contribution in [0.25, 0.3) is 0 Å². The maximum atomic E-state index is 10.4. The van der Waals surface area contributed by atoms with Gasteiger partial charge in [0.2, 0.25) is 0 Å². The second-order valence-corrected chi connectivity index (χ2v) is 6.18. The molecule has 2 rings (SSSR count). The summed E-state index contributed by atoms with van der Waals surface area (Å²) in [7, 11) is 3.27. The monoisotopic (exact) mass is 371 g/mol. The Kier molecular flexibility index (Phi) is 7.95. The number of aliphatic hydroxyl groups excluding tert-OH is 1. The average molecular weight is 371 g/mol. The first-order valence-corrected chi connectivity index (χ1v) is 9.05. The first-order chi connectivity index (χ1) is 13.1. The normalized spacial score (nSPS) is 12.4. The number of hydrogen-bond acceptors (Lipinski definition) is 4. The molecule has 0 aliphatic heterocycles. The van der Waals surface area contributed by atoms with Crippen LogP contribution in [0.3, 0.4) is 0 Å². The summed E-state index contributed by atoms with van der Waals surface area (Å²) >= 11 is 0. The van der Waals surface area contributed by atoms with Gasteiger partial charge in [-0.05, 0) is 43.2 Å². The molecule has 0 fully saturated rings. The zero-order valence-corrected chi connectivity index (χ0v) is 16.5. The molecule has 0 radical (unpaired) electrons. The van der Waals surface area contributed by atoms with Gasteiger partial charge < -0.3 is 25.2 Å². The Morgan fingerprint density at radius 1 is 1.11 bits per heavy atom. The molecule has 1 unspecified atom stereocenters. The molecule has 0 saturated heterocycles. The van der Waals surface area contributed by atoms with Gasteiger partial charge in [0.05, 0.1) is 26.9 Å². The number of methoxy groups -OCH3 is 2. The SMILES string of the molecule is CCNC(=NCc1ccc(C)cc1OC)NCC(O)c1cccc(OC)c1. The number of aliphatic hydroxyl groups is 1.